The van der Waals surface area contributed by atoms with Crippen molar-refractivity contribution in [1.82, 2.24) is 10.2 Å². The van der Waals surface area contributed by atoms with Crippen molar-refractivity contribution in [3.8, 4) is 5.75 Å². The molecule has 0 spiro atoms. The van der Waals surface area contributed by atoms with Crippen LogP contribution in [0.1, 0.15) is 49.9 Å². The first-order valence-electron chi connectivity index (χ1n) is 10.9. The molecule has 0 radical (unpaired) electrons. The highest BCUT2D eigenvalue weighted by atomic mass is 16.5. The minimum absolute atomic E-state index is 0.0244. The highest BCUT2D eigenvalue weighted by Gasteiger charge is 2.25. The van der Waals surface area contributed by atoms with E-state index < -0.39 is 5.63 Å². The van der Waals surface area contributed by atoms with Crippen molar-refractivity contribution in [3.05, 3.63) is 40.2 Å². The molecule has 2 saturated heterocycles. The van der Waals surface area contributed by atoms with Gasteiger partial charge in [-0.1, -0.05) is 0 Å². The lowest BCUT2D eigenvalue weighted by Gasteiger charge is -2.33. The lowest BCUT2D eigenvalue weighted by Crippen LogP contribution is -2.47. The first-order chi connectivity index (χ1) is 14.5. The van der Waals surface area contributed by atoms with Gasteiger partial charge in [0, 0.05) is 43.7 Å². The van der Waals surface area contributed by atoms with Crippen LogP contribution in [0.4, 0.5) is 0 Å². The van der Waals surface area contributed by atoms with Gasteiger partial charge in [-0.25, -0.2) is 4.79 Å². The van der Waals surface area contributed by atoms with Crippen LogP contribution >= 0.6 is 0 Å². The van der Waals surface area contributed by atoms with Crippen molar-refractivity contribution < 1.29 is 18.7 Å². The number of likely N-dealkylation sites (tertiary alicyclic amines) is 1. The monoisotopic (exact) mass is 414 g/mol. The molecule has 3 heterocycles. The summed E-state index contributed by atoms with van der Waals surface area (Å²) in [6.07, 6.45) is 4.40. The number of nitrogens with one attached hydrogen (secondary N) is 1. The molecule has 30 heavy (non-hydrogen) atoms. The van der Waals surface area contributed by atoms with Crippen LogP contribution in [0.5, 0.6) is 5.75 Å². The highest BCUT2D eigenvalue weighted by Crippen LogP contribution is 2.22. The second kappa shape index (κ2) is 9.18. The average molecular weight is 415 g/mol. The third-order valence-corrected chi connectivity index (χ3v) is 5.73. The summed E-state index contributed by atoms with van der Waals surface area (Å²) in [6.45, 7) is 7.56. The molecule has 0 aliphatic carbocycles. The summed E-state index contributed by atoms with van der Waals surface area (Å²) in [4.78, 5) is 27.5. The van der Waals surface area contributed by atoms with Gasteiger partial charge in [-0.15, -0.1) is 0 Å². The molecule has 1 unspecified atom stereocenters. The predicted molar refractivity (Wildman–Crippen MR) is 114 cm³/mol. The van der Waals surface area contributed by atoms with Gasteiger partial charge in [0.15, 0.2) is 0 Å². The van der Waals surface area contributed by atoms with Gasteiger partial charge in [0.2, 0.25) is 0 Å². The summed E-state index contributed by atoms with van der Waals surface area (Å²) in [5, 5.41) is 3.71. The topological polar surface area (TPSA) is 81.0 Å². The molecule has 1 amide bonds. The first kappa shape index (κ1) is 20.9. The van der Waals surface area contributed by atoms with Crippen LogP contribution in [0, 0.1) is 0 Å². The van der Waals surface area contributed by atoms with E-state index in [9.17, 15) is 9.59 Å². The van der Waals surface area contributed by atoms with Crippen molar-refractivity contribution in [2.45, 2.75) is 57.8 Å². The highest BCUT2D eigenvalue weighted by molar-refractivity contribution is 5.96. The normalized spacial score (nSPS) is 20.7. The Morgan fingerprint density at radius 2 is 2.03 bits per heavy atom. The van der Waals surface area contributed by atoms with Gasteiger partial charge >= 0.3 is 5.63 Å². The van der Waals surface area contributed by atoms with E-state index in [1.807, 2.05) is 19.9 Å². The maximum absolute atomic E-state index is 12.7. The zero-order valence-corrected chi connectivity index (χ0v) is 17.7. The molecular weight excluding hydrogens is 384 g/mol. The van der Waals surface area contributed by atoms with Gasteiger partial charge in [-0.3, -0.25) is 4.79 Å². The number of carbonyl (C=O) groups excluding carboxylic acids is 1. The minimum atomic E-state index is -0.627. The zero-order valence-electron chi connectivity index (χ0n) is 17.7. The smallest absolute Gasteiger partial charge is 0.349 e. The second-order valence-electron chi connectivity index (χ2n) is 8.50. The standard InChI is InChI=1S/C23H30N2O5/c1-15(2)29-18-6-5-16-12-20(23(27)30-21(16)13-18)22(26)24-17-7-9-25(10-8-17)14-19-4-3-11-28-19/h5-6,12-13,15,17,19H,3-4,7-11,14H2,1-2H3,(H,24,26). The van der Waals surface area contributed by atoms with E-state index in [1.165, 1.54) is 0 Å². The molecule has 162 valence electrons. The van der Waals surface area contributed by atoms with E-state index >= 15 is 0 Å². The zero-order chi connectivity index (χ0) is 21.1. The largest absolute Gasteiger partial charge is 0.491 e. The van der Waals surface area contributed by atoms with Crippen molar-refractivity contribution in [2.24, 2.45) is 0 Å². The molecule has 1 aromatic carbocycles. The van der Waals surface area contributed by atoms with Crippen LogP contribution < -0.4 is 15.7 Å². The molecule has 1 aromatic heterocycles. The lowest BCUT2D eigenvalue weighted by atomic mass is 10.0. The fourth-order valence-electron chi connectivity index (χ4n) is 4.19. The average Bonchev–Trinajstić information content (AvgIpc) is 3.21. The van der Waals surface area contributed by atoms with E-state index in [-0.39, 0.29) is 23.6 Å². The quantitative estimate of drug-likeness (QED) is 0.732. The molecule has 2 aliphatic rings. The number of nitrogens with zero attached hydrogens (tertiary/aromatic N) is 1. The second-order valence-corrected chi connectivity index (χ2v) is 8.50. The van der Waals surface area contributed by atoms with Gasteiger partial charge in [0.1, 0.15) is 16.9 Å². The van der Waals surface area contributed by atoms with Gasteiger partial charge in [-0.05, 0) is 57.7 Å². The van der Waals surface area contributed by atoms with Crippen molar-refractivity contribution in [3.63, 3.8) is 0 Å². The summed E-state index contributed by atoms with van der Waals surface area (Å²) in [5.41, 5.74) is -0.170. The molecule has 0 saturated carbocycles. The first-order valence-corrected chi connectivity index (χ1v) is 10.9. The fourth-order valence-corrected chi connectivity index (χ4v) is 4.19. The number of hydrogen-bond donors (Lipinski definition) is 1. The number of benzene rings is 1. The van der Waals surface area contributed by atoms with Crippen LogP contribution in [0.25, 0.3) is 11.0 Å². The van der Waals surface area contributed by atoms with Crippen LogP contribution in [0.2, 0.25) is 0 Å². The molecule has 2 aliphatic heterocycles. The Labute approximate surface area is 176 Å². The van der Waals surface area contributed by atoms with E-state index in [2.05, 4.69) is 10.2 Å². The maximum Gasteiger partial charge on any atom is 0.349 e. The van der Waals surface area contributed by atoms with Crippen LogP contribution in [0.15, 0.2) is 33.5 Å². The van der Waals surface area contributed by atoms with Gasteiger partial charge < -0.3 is 24.1 Å². The number of piperidine rings is 1. The third kappa shape index (κ3) is 5.02. The van der Waals surface area contributed by atoms with Crippen molar-refractivity contribution in [2.75, 3.05) is 26.2 Å². The number of fused-ring (bicyclic) bond motifs is 1. The van der Waals surface area contributed by atoms with E-state index in [0.717, 1.165) is 51.9 Å². The number of rotatable bonds is 6. The Hall–Kier alpha value is -2.38. The Morgan fingerprint density at radius 1 is 1.23 bits per heavy atom. The lowest BCUT2D eigenvalue weighted by molar-refractivity contribution is 0.0612. The molecule has 1 N–H and O–H groups in total. The summed E-state index contributed by atoms with van der Waals surface area (Å²) < 4.78 is 16.8. The Kier molecular flexibility index (Phi) is 6.39. The number of carbonyl (C=O) groups is 1. The minimum Gasteiger partial charge on any atom is -0.491 e. The van der Waals surface area contributed by atoms with Gasteiger partial charge in [-0.2, -0.15) is 0 Å². The SMILES string of the molecule is CC(C)Oc1ccc2cc(C(=O)NC3CCN(CC4CCCO4)CC3)c(=O)oc2c1. The number of ether oxygens (including phenoxy) is 2. The molecule has 7 nitrogen and oxygen atoms in total. The summed E-state index contributed by atoms with van der Waals surface area (Å²) >= 11 is 0. The fraction of sp³-hybridized carbons (Fsp3) is 0.565. The molecule has 2 fully saturated rings. The van der Waals surface area contributed by atoms with Crippen LogP contribution in [-0.2, 0) is 4.74 Å². The van der Waals surface area contributed by atoms with Crippen molar-refractivity contribution >= 4 is 16.9 Å². The van der Waals surface area contributed by atoms with Crippen LogP contribution in [0.3, 0.4) is 0 Å². The summed E-state index contributed by atoms with van der Waals surface area (Å²) in [6, 6.07) is 6.96. The Bertz CT molecular complexity index is 940. The Balaban J connectivity index is 1.37. The third-order valence-electron chi connectivity index (χ3n) is 5.73. The molecule has 0 bridgehead atoms. The van der Waals surface area contributed by atoms with Crippen LogP contribution in [-0.4, -0.2) is 55.3 Å². The number of hydrogen-bond acceptors (Lipinski definition) is 6. The summed E-state index contributed by atoms with van der Waals surface area (Å²) in [5.74, 6) is 0.262. The van der Waals surface area contributed by atoms with Gasteiger partial charge in [0.25, 0.3) is 5.91 Å². The van der Waals surface area contributed by atoms with E-state index in [4.69, 9.17) is 13.9 Å². The molecule has 2 aromatic rings. The molecule has 7 heteroatoms. The molecular formula is C23H30N2O5. The molecule has 1 atom stereocenters. The molecule has 4 rings (SSSR count). The summed E-state index contributed by atoms with van der Waals surface area (Å²) in [7, 11) is 0. The maximum atomic E-state index is 12.7. The van der Waals surface area contributed by atoms with Gasteiger partial charge in [0.05, 0.1) is 12.2 Å². The van der Waals surface area contributed by atoms with Crippen molar-refractivity contribution in [1.29, 1.82) is 0 Å². The number of amides is 1. The Morgan fingerprint density at radius 3 is 2.73 bits per heavy atom. The predicted octanol–water partition coefficient (Wildman–Crippen LogP) is 2.95. The van der Waals surface area contributed by atoms with E-state index in [1.54, 1.807) is 18.2 Å². The van der Waals surface area contributed by atoms with E-state index in [0.29, 0.717) is 22.8 Å².